The van der Waals surface area contributed by atoms with Crippen LogP contribution in [-0.4, -0.2) is 10.5 Å². The lowest BCUT2D eigenvalue weighted by atomic mass is 9.88. The molecule has 0 aliphatic carbocycles. The van der Waals surface area contributed by atoms with Gasteiger partial charge in [0.2, 0.25) is 5.91 Å². The summed E-state index contributed by atoms with van der Waals surface area (Å²) in [5, 5.41) is 1.14. The first-order valence-electron chi connectivity index (χ1n) is 8.72. The van der Waals surface area contributed by atoms with Crippen molar-refractivity contribution in [2.24, 2.45) is 5.73 Å². The molecule has 4 rings (SSSR count). The smallest absolute Gasteiger partial charge is 0.218 e. The zero-order chi connectivity index (χ0) is 17.9. The summed E-state index contributed by atoms with van der Waals surface area (Å²) in [4.78, 5) is 11.8. The minimum Gasteiger partial charge on any atom is -0.370 e. The molecule has 3 heteroatoms. The first kappa shape index (κ1) is 16.2. The number of hydrogen-bond donors (Lipinski definition) is 1. The van der Waals surface area contributed by atoms with E-state index < -0.39 is 0 Å². The standard InChI is InChI=1S/C23H20N2O/c24-23(26)15-20(17-9-3-1-4-10-17)21-16-25(18-11-5-2-6-12-18)22-14-8-7-13-19(21)22/h1-14,16,20H,15H2,(H2,24,26). The Bertz CT molecular complexity index is 1040. The SMILES string of the molecule is NC(=O)CC(c1ccccc1)c1cn(-c2ccccc2)c2ccccc12. The number of rotatable bonds is 5. The molecule has 128 valence electrons. The van der Waals surface area contributed by atoms with Gasteiger partial charge in [0.25, 0.3) is 0 Å². The normalized spacial score (nSPS) is 12.2. The van der Waals surface area contributed by atoms with Gasteiger partial charge in [-0.3, -0.25) is 4.79 Å². The van der Waals surface area contributed by atoms with Crippen LogP contribution in [0.15, 0.2) is 91.1 Å². The number of aromatic nitrogens is 1. The molecule has 1 unspecified atom stereocenters. The third-order valence-corrected chi connectivity index (χ3v) is 4.76. The van der Waals surface area contributed by atoms with Crippen molar-refractivity contribution in [1.29, 1.82) is 0 Å². The molecule has 26 heavy (non-hydrogen) atoms. The van der Waals surface area contributed by atoms with Crippen LogP contribution in [0.1, 0.15) is 23.5 Å². The van der Waals surface area contributed by atoms with Gasteiger partial charge < -0.3 is 10.3 Å². The number of nitrogens with two attached hydrogens (primary N) is 1. The summed E-state index contributed by atoms with van der Waals surface area (Å²) in [5.41, 5.74) is 10.0. The van der Waals surface area contributed by atoms with Crippen LogP contribution in [0.25, 0.3) is 16.6 Å². The second-order valence-corrected chi connectivity index (χ2v) is 6.44. The van der Waals surface area contributed by atoms with E-state index in [1.165, 1.54) is 0 Å². The molecular weight excluding hydrogens is 320 g/mol. The Balaban J connectivity index is 1.93. The molecule has 0 aliphatic rings. The molecule has 0 saturated heterocycles. The number of amides is 1. The van der Waals surface area contributed by atoms with Crippen molar-refractivity contribution in [3.8, 4) is 5.69 Å². The average Bonchev–Trinajstić information content (AvgIpc) is 3.07. The predicted octanol–water partition coefficient (Wildman–Crippen LogP) is 4.64. The number of para-hydroxylation sites is 2. The van der Waals surface area contributed by atoms with Gasteiger partial charge in [-0.15, -0.1) is 0 Å². The molecule has 0 fully saturated rings. The molecule has 2 N–H and O–H groups in total. The van der Waals surface area contributed by atoms with Crippen molar-refractivity contribution in [1.82, 2.24) is 4.57 Å². The van der Waals surface area contributed by atoms with Gasteiger partial charge in [0.1, 0.15) is 0 Å². The average molecular weight is 340 g/mol. The van der Waals surface area contributed by atoms with Gasteiger partial charge in [0.05, 0.1) is 5.52 Å². The first-order chi connectivity index (χ1) is 12.7. The molecule has 4 aromatic rings. The molecule has 1 atom stereocenters. The molecule has 3 aromatic carbocycles. The van der Waals surface area contributed by atoms with Gasteiger partial charge in [0.15, 0.2) is 0 Å². The van der Waals surface area contributed by atoms with Crippen LogP contribution in [0.5, 0.6) is 0 Å². The lowest BCUT2D eigenvalue weighted by Gasteiger charge is -2.15. The quantitative estimate of drug-likeness (QED) is 0.565. The van der Waals surface area contributed by atoms with Gasteiger partial charge in [-0.2, -0.15) is 0 Å². The maximum Gasteiger partial charge on any atom is 0.218 e. The molecule has 3 nitrogen and oxygen atoms in total. The number of fused-ring (bicyclic) bond motifs is 1. The molecule has 1 aromatic heterocycles. The fraction of sp³-hybridized carbons (Fsp3) is 0.0870. The lowest BCUT2D eigenvalue weighted by molar-refractivity contribution is -0.118. The van der Waals surface area contributed by atoms with E-state index in [1.807, 2.05) is 48.5 Å². The van der Waals surface area contributed by atoms with Crippen LogP contribution in [0.4, 0.5) is 0 Å². The van der Waals surface area contributed by atoms with Crippen molar-refractivity contribution in [3.63, 3.8) is 0 Å². The van der Waals surface area contributed by atoms with Crippen LogP contribution >= 0.6 is 0 Å². The van der Waals surface area contributed by atoms with E-state index in [-0.39, 0.29) is 18.2 Å². The second-order valence-electron chi connectivity index (χ2n) is 6.44. The second kappa shape index (κ2) is 6.89. The van der Waals surface area contributed by atoms with E-state index >= 15 is 0 Å². The van der Waals surface area contributed by atoms with Gasteiger partial charge in [-0.25, -0.2) is 0 Å². The Morgan fingerprint density at radius 2 is 1.46 bits per heavy atom. The van der Waals surface area contributed by atoms with E-state index in [0.717, 1.165) is 27.7 Å². The van der Waals surface area contributed by atoms with E-state index in [0.29, 0.717) is 0 Å². The molecule has 0 aliphatic heterocycles. The van der Waals surface area contributed by atoms with Gasteiger partial charge in [-0.05, 0) is 29.3 Å². The van der Waals surface area contributed by atoms with Gasteiger partial charge >= 0.3 is 0 Å². The third-order valence-electron chi connectivity index (χ3n) is 4.76. The highest BCUT2D eigenvalue weighted by Crippen LogP contribution is 2.35. The van der Waals surface area contributed by atoms with Crippen molar-refractivity contribution in [2.75, 3.05) is 0 Å². The minimum absolute atomic E-state index is 0.0661. The Hall–Kier alpha value is -3.33. The largest absolute Gasteiger partial charge is 0.370 e. The highest BCUT2D eigenvalue weighted by atomic mass is 16.1. The summed E-state index contributed by atoms with van der Waals surface area (Å²) in [7, 11) is 0. The number of carbonyl (C=O) groups excluding carboxylic acids is 1. The summed E-state index contributed by atoms with van der Waals surface area (Å²) in [6, 6.07) is 28.6. The summed E-state index contributed by atoms with van der Waals surface area (Å²) >= 11 is 0. The Morgan fingerprint density at radius 1 is 0.846 bits per heavy atom. The number of primary amides is 1. The maximum atomic E-state index is 11.8. The lowest BCUT2D eigenvalue weighted by Crippen LogP contribution is -2.16. The highest BCUT2D eigenvalue weighted by Gasteiger charge is 2.21. The van der Waals surface area contributed by atoms with E-state index in [1.54, 1.807) is 0 Å². The minimum atomic E-state index is -0.296. The molecule has 0 bridgehead atoms. The Morgan fingerprint density at radius 3 is 2.15 bits per heavy atom. The Labute approximate surface area is 152 Å². The molecule has 0 saturated carbocycles. The number of benzene rings is 3. The summed E-state index contributed by atoms with van der Waals surface area (Å²) in [6.07, 6.45) is 2.42. The molecule has 0 radical (unpaired) electrons. The highest BCUT2D eigenvalue weighted by molar-refractivity contribution is 5.87. The van der Waals surface area contributed by atoms with Crippen molar-refractivity contribution in [3.05, 3.63) is 102 Å². The van der Waals surface area contributed by atoms with E-state index in [2.05, 4.69) is 47.2 Å². The zero-order valence-corrected chi connectivity index (χ0v) is 14.4. The first-order valence-corrected chi connectivity index (χ1v) is 8.72. The maximum absolute atomic E-state index is 11.8. The molecule has 1 heterocycles. The number of hydrogen-bond acceptors (Lipinski definition) is 1. The fourth-order valence-electron chi connectivity index (χ4n) is 3.58. The number of nitrogens with zero attached hydrogens (tertiary/aromatic N) is 1. The zero-order valence-electron chi connectivity index (χ0n) is 14.4. The Kier molecular flexibility index (Phi) is 4.28. The van der Waals surface area contributed by atoms with Gasteiger partial charge in [-0.1, -0.05) is 66.7 Å². The monoisotopic (exact) mass is 340 g/mol. The topological polar surface area (TPSA) is 48.0 Å². The van der Waals surface area contributed by atoms with Gasteiger partial charge in [0, 0.05) is 29.6 Å². The van der Waals surface area contributed by atoms with Crippen LogP contribution < -0.4 is 5.73 Å². The molecular formula is C23H20N2O. The summed E-state index contributed by atoms with van der Waals surface area (Å²) < 4.78 is 2.18. The van der Waals surface area contributed by atoms with Crippen molar-refractivity contribution >= 4 is 16.8 Å². The van der Waals surface area contributed by atoms with Crippen LogP contribution in [-0.2, 0) is 4.79 Å². The molecule has 0 spiro atoms. The van der Waals surface area contributed by atoms with Crippen LogP contribution in [0.2, 0.25) is 0 Å². The fourth-order valence-corrected chi connectivity index (χ4v) is 3.58. The van der Waals surface area contributed by atoms with Crippen LogP contribution in [0, 0.1) is 0 Å². The summed E-state index contributed by atoms with van der Waals surface area (Å²) in [5.74, 6) is -0.362. The predicted molar refractivity (Wildman–Crippen MR) is 105 cm³/mol. The van der Waals surface area contributed by atoms with Crippen molar-refractivity contribution in [2.45, 2.75) is 12.3 Å². The van der Waals surface area contributed by atoms with Crippen molar-refractivity contribution < 1.29 is 4.79 Å². The summed E-state index contributed by atoms with van der Waals surface area (Å²) in [6.45, 7) is 0. The molecule has 1 amide bonds. The third kappa shape index (κ3) is 3.00. The van der Waals surface area contributed by atoms with E-state index in [4.69, 9.17) is 5.73 Å². The van der Waals surface area contributed by atoms with E-state index in [9.17, 15) is 4.79 Å². The number of carbonyl (C=O) groups is 1. The van der Waals surface area contributed by atoms with Crippen LogP contribution in [0.3, 0.4) is 0 Å².